The van der Waals surface area contributed by atoms with Crippen molar-refractivity contribution in [2.75, 3.05) is 20.8 Å². The predicted octanol–water partition coefficient (Wildman–Crippen LogP) is 3.48. The Morgan fingerprint density at radius 3 is 2.60 bits per heavy atom. The lowest BCUT2D eigenvalue weighted by atomic mass is 10.1. The number of nitrogens with zero attached hydrogens (tertiary/aromatic N) is 2. The van der Waals surface area contributed by atoms with Crippen LogP contribution in [0.2, 0.25) is 0 Å². The van der Waals surface area contributed by atoms with Crippen molar-refractivity contribution in [1.82, 2.24) is 14.6 Å². The summed E-state index contributed by atoms with van der Waals surface area (Å²) in [5.41, 5.74) is 0.841. The SMILES string of the molecule is COc1ccc2ccc(S(=O)(=O)N[C@H]3CCN(Cc4cc5cnccc5cc4OC)C3=O)cc2c1. The van der Waals surface area contributed by atoms with E-state index in [0.29, 0.717) is 31.0 Å². The summed E-state index contributed by atoms with van der Waals surface area (Å²) >= 11 is 0. The van der Waals surface area contributed by atoms with Crippen LogP contribution in [-0.2, 0) is 21.4 Å². The van der Waals surface area contributed by atoms with Crippen LogP contribution in [0, 0.1) is 0 Å². The van der Waals surface area contributed by atoms with Crippen LogP contribution in [0.15, 0.2) is 71.9 Å². The number of fused-ring (bicyclic) bond motifs is 2. The number of benzene rings is 3. The first-order chi connectivity index (χ1) is 16.9. The van der Waals surface area contributed by atoms with Crippen molar-refractivity contribution in [1.29, 1.82) is 0 Å². The van der Waals surface area contributed by atoms with Crippen LogP contribution >= 0.6 is 0 Å². The maximum Gasteiger partial charge on any atom is 0.241 e. The first-order valence-corrected chi connectivity index (χ1v) is 12.7. The molecule has 35 heavy (non-hydrogen) atoms. The summed E-state index contributed by atoms with van der Waals surface area (Å²) in [4.78, 5) is 19.0. The number of methoxy groups -OCH3 is 2. The van der Waals surface area contributed by atoms with Gasteiger partial charge in [0, 0.05) is 36.4 Å². The number of amides is 1. The molecule has 1 fully saturated rings. The summed E-state index contributed by atoms with van der Waals surface area (Å²) in [5.74, 6) is 1.05. The highest BCUT2D eigenvalue weighted by molar-refractivity contribution is 7.89. The fourth-order valence-corrected chi connectivity index (χ4v) is 5.70. The summed E-state index contributed by atoms with van der Waals surface area (Å²) in [7, 11) is -0.745. The van der Waals surface area contributed by atoms with Crippen LogP contribution in [-0.4, -0.2) is 51.0 Å². The molecule has 1 amide bonds. The number of sulfonamides is 1. The highest BCUT2D eigenvalue weighted by atomic mass is 32.2. The molecule has 1 aliphatic rings. The van der Waals surface area contributed by atoms with Crippen LogP contribution in [0.4, 0.5) is 0 Å². The normalized spacial score (nSPS) is 16.2. The van der Waals surface area contributed by atoms with E-state index in [1.165, 1.54) is 0 Å². The van der Waals surface area contributed by atoms with Crippen molar-refractivity contribution < 1.29 is 22.7 Å². The van der Waals surface area contributed by atoms with Gasteiger partial charge in [0.05, 0.1) is 19.1 Å². The van der Waals surface area contributed by atoms with Gasteiger partial charge in [-0.3, -0.25) is 9.78 Å². The molecular formula is C26H25N3O5S. The van der Waals surface area contributed by atoms with Crippen LogP contribution < -0.4 is 14.2 Å². The molecule has 1 aromatic heterocycles. The van der Waals surface area contributed by atoms with Crippen molar-refractivity contribution in [3.63, 3.8) is 0 Å². The van der Waals surface area contributed by atoms with E-state index >= 15 is 0 Å². The minimum absolute atomic E-state index is 0.105. The van der Waals surface area contributed by atoms with Crippen molar-refractivity contribution in [3.8, 4) is 11.5 Å². The summed E-state index contributed by atoms with van der Waals surface area (Å²) in [5, 5.41) is 3.57. The lowest BCUT2D eigenvalue weighted by Gasteiger charge is -2.19. The molecule has 180 valence electrons. The molecule has 5 rings (SSSR count). The number of ether oxygens (including phenoxy) is 2. The Balaban J connectivity index is 1.34. The number of aromatic nitrogens is 1. The summed E-state index contributed by atoms with van der Waals surface area (Å²) < 4.78 is 39.6. The standard InChI is InChI=1S/C26H25N3O5S/c1-33-22-5-3-17-4-6-23(13-19(17)12-22)35(31,32)28-24-8-10-29(26(24)30)16-21-11-20-15-27-9-7-18(20)14-25(21)34-2/h3-7,9,11-15,24,28H,8,10,16H2,1-2H3/t24-/m0/s1. The molecule has 2 heterocycles. The zero-order valence-corrected chi connectivity index (χ0v) is 20.2. The molecule has 0 saturated carbocycles. The van der Waals surface area contributed by atoms with E-state index in [2.05, 4.69) is 9.71 Å². The van der Waals surface area contributed by atoms with E-state index in [4.69, 9.17) is 9.47 Å². The zero-order chi connectivity index (χ0) is 24.6. The van der Waals surface area contributed by atoms with Gasteiger partial charge in [-0.05, 0) is 65.0 Å². The van der Waals surface area contributed by atoms with E-state index in [0.717, 1.165) is 27.1 Å². The molecule has 4 aromatic rings. The molecule has 0 aliphatic carbocycles. The maximum absolute atomic E-state index is 13.1. The summed E-state index contributed by atoms with van der Waals surface area (Å²) in [6.45, 7) is 0.760. The Kier molecular flexibility index (Phi) is 6.04. The predicted molar refractivity (Wildman–Crippen MR) is 133 cm³/mol. The summed E-state index contributed by atoms with van der Waals surface area (Å²) in [6, 6.07) is 15.3. The van der Waals surface area contributed by atoms with E-state index in [1.807, 2.05) is 30.3 Å². The lowest BCUT2D eigenvalue weighted by Crippen LogP contribution is -2.41. The van der Waals surface area contributed by atoms with E-state index in [9.17, 15) is 13.2 Å². The summed E-state index contributed by atoms with van der Waals surface area (Å²) in [6.07, 6.45) is 3.87. The number of hydrogen-bond donors (Lipinski definition) is 1. The van der Waals surface area contributed by atoms with E-state index in [1.54, 1.807) is 55.8 Å². The number of likely N-dealkylation sites (tertiary alicyclic amines) is 1. The molecule has 1 N–H and O–H groups in total. The second-order valence-corrected chi connectivity index (χ2v) is 10.2. The second kappa shape index (κ2) is 9.16. The number of carbonyl (C=O) groups excluding carboxylic acids is 1. The quantitative estimate of drug-likeness (QED) is 0.425. The van der Waals surface area contributed by atoms with Crippen LogP contribution in [0.25, 0.3) is 21.5 Å². The van der Waals surface area contributed by atoms with Gasteiger partial charge < -0.3 is 14.4 Å². The van der Waals surface area contributed by atoms with Crippen molar-refractivity contribution in [2.45, 2.75) is 23.9 Å². The monoisotopic (exact) mass is 491 g/mol. The van der Waals surface area contributed by atoms with Crippen molar-refractivity contribution in [3.05, 3.63) is 72.6 Å². The molecule has 9 heteroatoms. The van der Waals surface area contributed by atoms with E-state index in [-0.39, 0.29) is 10.8 Å². The Hall–Kier alpha value is -3.69. The van der Waals surface area contributed by atoms with Crippen LogP contribution in [0.5, 0.6) is 11.5 Å². The molecular weight excluding hydrogens is 466 g/mol. The molecule has 0 spiro atoms. The molecule has 1 saturated heterocycles. The number of pyridine rings is 1. The molecule has 3 aromatic carbocycles. The van der Waals surface area contributed by atoms with E-state index < -0.39 is 16.1 Å². The highest BCUT2D eigenvalue weighted by Crippen LogP contribution is 2.29. The van der Waals surface area contributed by atoms with Gasteiger partial charge in [0.2, 0.25) is 15.9 Å². The second-order valence-electron chi connectivity index (χ2n) is 8.48. The molecule has 1 atom stereocenters. The van der Waals surface area contributed by atoms with Gasteiger partial charge in [-0.25, -0.2) is 8.42 Å². The Morgan fingerprint density at radius 1 is 0.971 bits per heavy atom. The number of carbonyl (C=O) groups is 1. The fourth-order valence-electron chi connectivity index (χ4n) is 4.44. The van der Waals surface area contributed by atoms with Gasteiger partial charge >= 0.3 is 0 Å². The first-order valence-electron chi connectivity index (χ1n) is 11.2. The average molecular weight is 492 g/mol. The third-order valence-corrected chi connectivity index (χ3v) is 7.79. The molecule has 0 radical (unpaired) electrons. The topological polar surface area (TPSA) is 97.8 Å². The third kappa shape index (κ3) is 4.52. The first kappa shape index (κ1) is 23.1. The lowest BCUT2D eigenvalue weighted by molar-refractivity contribution is -0.129. The fraction of sp³-hybridized carbons (Fsp3) is 0.231. The van der Waals surface area contributed by atoms with Crippen LogP contribution in [0.3, 0.4) is 0 Å². The molecule has 0 bridgehead atoms. The minimum atomic E-state index is -3.90. The number of hydrogen-bond acceptors (Lipinski definition) is 6. The number of rotatable bonds is 7. The largest absolute Gasteiger partial charge is 0.497 e. The smallest absolute Gasteiger partial charge is 0.241 e. The molecule has 8 nitrogen and oxygen atoms in total. The van der Waals surface area contributed by atoms with Crippen LogP contribution in [0.1, 0.15) is 12.0 Å². The Labute approximate surface area is 203 Å². The Bertz CT molecular complexity index is 1540. The van der Waals surface area contributed by atoms with Gasteiger partial charge in [-0.15, -0.1) is 0 Å². The van der Waals surface area contributed by atoms with Gasteiger partial charge in [0.1, 0.15) is 17.5 Å². The van der Waals surface area contributed by atoms with Gasteiger partial charge in [-0.2, -0.15) is 4.72 Å². The molecule has 0 unspecified atom stereocenters. The zero-order valence-electron chi connectivity index (χ0n) is 19.4. The van der Waals surface area contributed by atoms with Gasteiger partial charge in [0.15, 0.2) is 0 Å². The third-order valence-electron chi connectivity index (χ3n) is 6.33. The van der Waals surface area contributed by atoms with Gasteiger partial charge in [-0.1, -0.05) is 12.1 Å². The Morgan fingerprint density at radius 2 is 1.80 bits per heavy atom. The van der Waals surface area contributed by atoms with Crippen molar-refractivity contribution >= 4 is 37.5 Å². The average Bonchev–Trinajstić information content (AvgIpc) is 3.20. The maximum atomic E-state index is 13.1. The highest BCUT2D eigenvalue weighted by Gasteiger charge is 2.35. The molecule has 1 aliphatic heterocycles. The van der Waals surface area contributed by atoms with Crippen molar-refractivity contribution in [2.24, 2.45) is 0 Å². The van der Waals surface area contributed by atoms with Gasteiger partial charge in [0.25, 0.3) is 0 Å². The minimum Gasteiger partial charge on any atom is -0.497 e. The number of nitrogens with one attached hydrogen (secondary N) is 1.